The quantitative estimate of drug-likeness (QED) is 0.773. The van der Waals surface area contributed by atoms with Crippen LogP contribution < -0.4 is 0 Å². The van der Waals surface area contributed by atoms with Crippen LogP contribution in [0.25, 0.3) is 16.9 Å². The highest BCUT2D eigenvalue weighted by Crippen LogP contribution is 2.28. The molecule has 0 radical (unpaired) electrons. The summed E-state index contributed by atoms with van der Waals surface area (Å²) in [5.74, 6) is -0.102. The minimum Gasteiger partial charge on any atom is -0.493 e. The Kier molecular flexibility index (Phi) is 2.85. The molecule has 2 heterocycles. The fraction of sp³-hybridized carbons (Fsp3) is 0. The normalized spacial score (nSPS) is 10.6. The molecule has 19 heavy (non-hydrogen) atoms. The lowest BCUT2D eigenvalue weighted by Gasteiger charge is -2.09. The highest BCUT2D eigenvalue weighted by molar-refractivity contribution is 6.31. The highest BCUT2D eigenvalue weighted by Gasteiger charge is 2.10. The first-order chi connectivity index (χ1) is 9.24. The molecule has 0 saturated carbocycles. The van der Waals surface area contributed by atoms with Crippen molar-refractivity contribution >= 4 is 11.6 Å². The number of nitrogens with zero attached hydrogens (tertiary/aromatic N) is 5. The van der Waals surface area contributed by atoms with Crippen LogP contribution in [0, 0.1) is 0 Å². The highest BCUT2D eigenvalue weighted by atomic mass is 35.5. The molecule has 2 aromatic heterocycles. The predicted molar refractivity (Wildman–Crippen MR) is 69.1 cm³/mol. The van der Waals surface area contributed by atoms with Crippen LogP contribution in [0.1, 0.15) is 0 Å². The van der Waals surface area contributed by atoms with E-state index >= 15 is 0 Å². The minimum absolute atomic E-state index is 0.102. The third-order valence-corrected chi connectivity index (χ3v) is 2.79. The summed E-state index contributed by atoms with van der Waals surface area (Å²) in [6.45, 7) is 0. The maximum absolute atomic E-state index is 9.45. The van der Waals surface area contributed by atoms with Crippen LogP contribution in [0.2, 0.25) is 5.02 Å². The Morgan fingerprint density at radius 3 is 2.79 bits per heavy atom. The van der Waals surface area contributed by atoms with Gasteiger partial charge in [0.25, 0.3) is 0 Å². The second kappa shape index (κ2) is 4.66. The standard InChI is InChI=1S/C12H8ClN5O/c13-8-1-2-11(18-4-3-16-17-18)9(5-8)10-6-12(19)15-7-14-10/h1-7H,(H,14,15,19). The zero-order valence-electron chi connectivity index (χ0n) is 9.60. The van der Waals surface area contributed by atoms with Crippen LogP contribution >= 0.6 is 11.6 Å². The SMILES string of the molecule is Oc1cc(-c2cc(Cl)ccc2-n2ccnn2)ncn1. The van der Waals surface area contributed by atoms with Gasteiger partial charge in [-0.15, -0.1) is 5.10 Å². The van der Waals surface area contributed by atoms with E-state index in [-0.39, 0.29) is 5.88 Å². The van der Waals surface area contributed by atoms with Gasteiger partial charge in [-0.3, -0.25) is 0 Å². The molecule has 0 amide bonds. The number of aromatic hydroxyl groups is 1. The molecule has 0 bridgehead atoms. The molecule has 0 saturated heterocycles. The lowest BCUT2D eigenvalue weighted by molar-refractivity contribution is 0.452. The van der Waals surface area contributed by atoms with Crippen molar-refractivity contribution in [1.29, 1.82) is 0 Å². The van der Waals surface area contributed by atoms with E-state index in [1.54, 1.807) is 29.2 Å². The molecule has 0 unspecified atom stereocenters. The van der Waals surface area contributed by atoms with Gasteiger partial charge in [0, 0.05) is 16.7 Å². The zero-order chi connectivity index (χ0) is 13.2. The van der Waals surface area contributed by atoms with E-state index in [9.17, 15) is 5.11 Å². The molecule has 94 valence electrons. The monoisotopic (exact) mass is 273 g/mol. The number of hydrogen-bond donors (Lipinski definition) is 1. The average Bonchev–Trinajstić information content (AvgIpc) is 2.92. The fourth-order valence-electron chi connectivity index (χ4n) is 1.74. The molecule has 0 aliphatic heterocycles. The van der Waals surface area contributed by atoms with Crippen molar-refractivity contribution in [2.75, 3.05) is 0 Å². The van der Waals surface area contributed by atoms with Crippen molar-refractivity contribution in [2.45, 2.75) is 0 Å². The molecule has 0 aliphatic carbocycles. The van der Waals surface area contributed by atoms with Gasteiger partial charge >= 0.3 is 0 Å². The van der Waals surface area contributed by atoms with E-state index in [0.29, 0.717) is 10.7 Å². The van der Waals surface area contributed by atoms with Crippen LogP contribution in [-0.4, -0.2) is 30.1 Å². The Morgan fingerprint density at radius 1 is 1.16 bits per heavy atom. The molecular weight excluding hydrogens is 266 g/mol. The molecule has 1 N–H and O–H groups in total. The van der Waals surface area contributed by atoms with Crippen molar-refractivity contribution in [3.8, 4) is 22.8 Å². The van der Waals surface area contributed by atoms with Crippen LogP contribution in [0.5, 0.6) is 5.88 Å². The maximum Gasteiger partial charge on any atom is 0.214 e. The molecule has 0 atom stereocenters. The van der Waals surface area contributed by atoms with E-state index in [2.05, 4.69) is 20.3 Å². The summed E-state index contributed by atoms with van der Waals surface area (Å²) in [7, 11) is 0. The Hall–Kier alpha value is -2.47. The number of rotatable bonds is 2. The first-order valence-electron chi connectivity index (χ1n) is 5.41. The fourth-order valence-corrected chi connectivity index (χ4v) is 1.92. The van der Waals surface area contributed by atoms with Gasteiger partial charge in [-0.05, 0) is 18.2 Å². The smallest absolute Gasteiger partial charge is 0.214 e. The average molecular weight is 274 g/mol. The first kappa shape index (κ1) is 11.6. The van der Waals surface area contributed by atoms with Gasteiger partial charge in [0.2, 0.25) is 5.88 Å². The van der Waals surface area contributed by atoms with Gasteiger partial charge in [0.1, 0.15) is 6.33 Å². The van der Waals surface area contributed by atoms with Crippen molar-refractivity contribution in [3.05, 3.63) is 48.0 Å². The molecule has 0 aliphatic rings. The first-order valence-corrected chi connectivity index (χ1v) is 5.79. The number of benzene rings is 1. The van der Waals surface area contributed by atoms with Gasteiger partial charge in [-0.2, -0.15) is 0 Å². The third kappa shape index (κ3) is 2.25. The summed E-state index contributed by atoms with van der Waals surface area (Å²) in [6, 6.07) is 6.78. The summed E-state index contributed by atoms with van der Waals surface area (Å²) < 4.78 is 1.60. The molecule has 0 fully saturated rings. The second-order valence-corrected chi connectivity index (χ2v) is 4.21. The van der Waals surface area contributed by atoms with Crippen molar-refractivity contribution < 1.29 is 5.11 Å². The van der Waals surface area contributed by atoms with E-state index in [4.69, 9.17) is 11.6 Å². The lowest BCUT2D eigenvalue weighted by atomic mass is 10.1. The number of hydrogen-bond acceptors (Lipinski definition) is 5. The maximum atomic E-state index is 9.45. The molecule has 1 aromatic carbocycles. The van der Waals surface area contributed by atoms with Gasteiger partial charge in [0.15, 0.2) is 0 Å². The van der Waals surface area contributed by atoms with Gasteiger partial charge in [-0.1, -0.05) is 16.8 Å². The van der Waals surface area contributed by atoms with E-state index in [1.807, 2.05) is 6.07 Å². The van der Waals surface area contributed by atoms with Gasteiger partial charge in [0.05, 0.1) is 23.8 Å². The summed E-state index contributed by atoms with van der Waals surface area (Å²) in [4.78, 5) is 7.79. The zero-order valence-corrected chi connectivity index (χ0v) is 10.4. The van der Waals surface area contributed by atoms with Crippen molar-refractivity contribution in [3.63, 3.8) is 0 Å². The van der Waals surface area contributed by atoms with E-state index < -0.39 is 0 Å². The lowest BCUT2D eigenvalue weighted by Crippen LogP contribution is -1.99. The summed E-state index contributed by atoms with van der Waals surface area (Å²) in [5, 5.41) is 17.7. The van der Waals surface area contributed by atoms with Gasteiger partial charge < -0.3 is 5.11 Å². The molecule has 6 nitrogen and oxygen atoms in total. The van der Waals surface area contributed by atoms with Crippen LogP contribution in [0.15, 0.2) is 43.0 Å². The summed E-state index contributed by atoms with van der Waals surface area (Å²) >= 11 is 6.02. The van der Waals surface area contributed by atoms with Crippen LogP contribution in [0.4, 0.5) is 0 Å². The topological polar surface area (TPSA) is 76.7 Å². The molecule has 7 heteroatoms. The molecule has 3 aromatic rings. The largest absolute Gasteiger partial charge is 0.493 e. The van der Waals surface area contributed by atoms with E-state index in [0.717, 1.165) is 11.3 Å². The Bertz CT molecular complexity index is 714. The predicted octanol–water partition coefficient (Wildman–Crippen LogP) is 2.08. The summed E-state index contributed by atoms with van der Waals surface area (Å²) in [6.07, 6.45) is 4.58. The minimum atomic E-state index is -0.102. The molecular formula is C12H8ClN5O. The third-order valence-electron chi connectivity index (χ3n) is 2.56. The van der Waals surface area contributed by atoms with Crippen molar-refractivity contribution in [1.82, 2.24) is 25.0 Å². The van der Waals surface area contributed by atoms with Crippen LogP contribution in [-0.2, 0) is 0 Å². The molecule has 3 rings (SSSR count). The van der Waals surface area contributed by atoms with Gasteiger partial charge in [-0.25, -0.2) is 14.6 Å². The summed E-state index contributed by atoms with van der Waals surface area (Å²) in [5.41, 5.74) is 2.05. The number of aromatic nitrogens is 5. The Balaban J connectivity index is 2.22. The van der Waals surface area contributed by atoms with E-state index in [1.165, 1.54) is 12.4 Å². The Labute approximate surface area is 113 Å². The Morgan fingerprint density at radius 2 is 2.05 bits per heavy atom. The number of halogens is 1. The van der Waals surface area contributed by atoms with Crippen molar-refractivity contribution in [2.24, 2.45) is 0 Å². The second-order valence-electron chi connectivity index (χ2n) is 3.77. The molecule has 0 spiro atoms. The van der Waals surface area contributed by atoms with Crippen LogP contribution in [0.3, 0.4) is 0 Å².